The van der Waals surface area contributed by atoms with Crippen LogP contribution < -0.4 is 0 Å². The lowest BCUT2D eigenvalue weighted by atomic mass is 9.71. The molecule has 0 amide bonds. The molecule has 1 atom stereocenters. The molecule has 1 heterocycles. The van der Waals surface area contributed by atoms with E-state index in [1.54, 1.807) is 6.08 Å². The first kappa shape index (κ1) is 9.91. The van der Waals surface area contributed by atoms with Crippen molar-refractivity contribution in [1.82, 2.24) is 0 Å². The summed E-state index contributed by atoms with van der Waals surface area (Å²) in [6, 6.07) is 0. The van der Waals surface area contributed by atoms with E-state index in [1.807, 2.05) is 0 Å². The predicted molar refractivity (Wildman–Crippen MR) is 55.1 cm³/mol. The highest BCUT2D eigenvalue weighted by Gasteiger charge is 2.43. The van der Waals surface area contributed by atoms with E-state index in [-0.39, 0.29) is 11.5 Å². The second-order valence-corrected chi connectivity index (χ2v) is 4.53. The van der Waals surface area contributed by atoms with Crippen molar-refractivity contribution in [2.75, 3.05) is 6.61 Å². The van der Waals surface area contributed by atoms with Crippen LogP contribution in [0.4, 0.5) is 0 Å². The predicted octanol–water partition coefficient (Wildman–Crippen LogP) is 2.48. The first-order valence-corrected chi connectivity index (χ1v) is 5.53. The molecule has 2 aliphatic rings. The van der Waals surface area contributed by atoms with E-state index in [0.29, 0.717) is 12.2 Å². The topological polar surface area (TPSA) is 26.3 Å². The van der Waals surface area contributed by atoms with Crippen LogP contribution in [0, 0.1) is 5.92 Å². The molecule has 1 saturated carbocycles. The molecule has 0 aromatic rings. The zero-order valence-electron chi connectivity index (χ0n) is 8.63. The molecule has 1 unspecified atom stereocenters. The van der Waals surface area contributed by atoms with E-state index in [1.165, 1.54) is 6.42 Å². The van der Waals surface area contributed by atoms with E-state index >= 15 is 0 Å². The van der Waals surface area contributed by atoms with E-state index in [4.69, 9.17) is 4.74 Å². The Morgan fingerprint density at radius 1 is 1.57 bits per heavy atom. The third-order valence-corrected chi connectivity index (χ3v) is 3.56. The fourth-order valence-electron chi connectivity index (χ4n) is 2.53. The zero-order valence-corrected chi connectivity index (χ0v) is 8.63. The summed E-state index contributed by atoms with van der Waals surface area (Å²) in [5, 5.41) is 0. The maximum absolute atomic E-state index is 11.7. The number of allylic oxidation sites excluding steroid dienone is 1. The first-order chi connectivity index (χ1) is 6.76. The average molecular weight is 194 g/mol. The molecule has 78 valence electrons. The Labute approximate surface area is 85.3 Å². The van der Waals surface area contributed by atoms with Gasteiger partial charge >= 0.3 is 0 Å². The van der Waals surface area contributed by atoms with Gasteiger partial charge in [0.25, 0.3) is 0 Å². The van der Waals surface area contributed by atoms with Crippen molar-refractivity contribution in [2.24, 2.45) is 5.92 Å². The Balaban J connectivity index is 1.93. The number of carbonyl (C=O) groups is 1. The highest BCUT2D eigenvalue weighted by Crippen LogP contribution is 2.44. The lowest BCUT2D eigenvalue weighted by Crippen LogP contribution is -2.46. The molecule has 2 heteroatoms. The Hall–Kier alpha value is -0.630. The third kappa shape index (κ3) is 1.76. The van der Waals surface area contributed by atoms with Crippen LogP contribution in [-0.4, -0.2) is 18.0 Å². The largest absolute Gasteiger partial charge is 0.375 e. The van der Waals surface area contributed by atoms with Gasteiger partial charge in [0.2, 0.25) is 0 Å². The Morgan fingerprint density at radius 3 is 2.93 bits per heavy atom. The number of ketones is 1. The second kappa shape index (κ2) is 3.85. The van der Waals surface area contributed by atoms with Gasteiger partial charge in [0.05, 0.1) is 5.60 Å². The monoisotopic (exact) mass is 194 g/mol. The average Bonchev–Trinajstić information content (AvgIpc) is 2.16. The quantitative estimate of drug-likeness (QED) is 0.645. The third-order valence-electron chi connectivity index (χ3n) is 3.56. The number of hydrogen-bond donors (Lipinski definition) is 0. The smallest absolute Gasteiger partial charge is 0.139 e. The summed E-state index contributed by atoms with van der Waals surface area (Å²) in [7, 11) is 0. The van der Waals surface area contributed by atoms with Crippen molar-refractivity contribution in [3.63, 3.8) is 0 Å². The molecular formula is C12H18O2. The molecule has 1 aliphatic heterocycles. The van der Waals surface area contributed by atoms with Crippen LogP contribution in [0.1, 0.15) is 38.5 Å². The van der Waals surface area contributed by atoms with Crippen molar-refractivity contribution < 1.29 is 9.53 Å². The van der Waals surface area contributed by atoms with Gasteiger partial charge in [0, 0.05) is 18.9 Å². The molecule has 1 saturated heterocycles. The molecule has 0 bridgehead atoms. The van der Waals surface area contributed by atoms with Gasteiger partial charge in [-0.1, -0.05) is 6.08 Å². The van der Waals surface area contributed by atoms with E-state index in [2.05, 4.69) is 6.58 Å². The first-order valence-electron chi connectivity index (χ1n) is 5.53. The van der Waals surface area contributed by atoms with Crippen molar-refractivity contribution in [1.29, 1.82) is 0 Å². The molecule has 1 aliphatic carbocycles. The fourth-order valence-corrected chi connectivity index (χ4v) is 2.53. The summed E-state index contributed by atoms with van der Waals surface area (Å²) in [5.41, 5.74) is 0.0970. The molecule has 1 spiro atoms. The van der Waals surface area contributed by atoms with Crippen LogP contribution in [-0.2, 0) is 9.53 Å². The minimum Gasteiger partial charge on any atom is -0.375 e. The fraction of sp³-hybridized carbons (Fsp3) is 0.750. The normalized spacial score (nSPS) is 29.6. The van der Waals surface area contributed by atoms with E-state index in [0.717, 1.165) is 32.3 Å². The van der Waals surface area contributed by atoms with Crippen molar-refractivity contribution in [3.05, 3.63) is 12.7 Å². The maximum Gasteiger partial charge on any atom is 0.139 e. The lowest BCUT2D eigenvalue weighted by molar-refractivity contribution is -0.155. The van der Waals surface area contributed by atoms with Crippen LogP contribution >= 0.6 is 0 Å². The van der Waals surface area contributed by atoms with Crippen LogP contribution in [0.15, 0.2) is 12.7 Å². The highest BCUT2D eigenvalue weighted by atomic mass is 16.5. The Kier molecular flexibility index (Phi) is 2.73. The van der Waals surface area contributed by atoms with Crippen molar-refractivity contribution >= 4 is 5.78 Å². The van der Waals surface area contributed by atoms with Gasteiger partial charge in [0.15, 0.2) is 0 Å². The summed E-state index contributed by atoms with van der Waals surface area (Å²) in [6.07, 6.45) is 7.69. The van der Waals surface area contributed by atoms with Crippen LogP contribution in [0.2, 0.25) is 0 Å². The lowest BCUT2D eigenvalue weighted by Gasteiger charge is -2.46. The van der Waals surface area contributed by atoms with Gasteiger partial charge in [0.1, 0.15) is 5.78 Å². The summed E-state index contributed by atoms with van der Waals surface area (Å²) in [5.74, 6) is 0.594. The number of carbonyl (C=O) groups excluding carboxylic acids is 1. The van der Waals surface area contributed by atoms with Crippen molar-refractivity contribution in [2.45, 2.75) is 44.1 Å². The number of ether oxygens (including phenoxy) is 1. The molecule has 0 N–H and O–H groups in total. The Bertz CT molecular complexity index is 241. The molecule has 0 radical (unpaired) electrons. The standard InChI is InChI=1S/C12H18O2/c1-2-4-11(13)10-5-8-14-12(9-10)6-3-7-12/h2,10H,1,3-9H2. The molecule has 2 nitrogen and oxygen atoms in total. The zero-order chi connectivity index (χ0) is 10.0. The summed E-state index contributed by atoms with van der Waals surface area (Å²) >= 11 is 0. The highest BCUT2D eigenvalue weighted by molar-refractivity contribution is 5.82. The minimum atomic E-state index is 0.0970. The van der Waals surface area contributed by atoms with Crippen molar-refractivity contribution in [3.8, 4) is 0 Å². The van der Waals surface area contributed by atoms with Gasteiger partial charge in [-0.15, -0.1) is 6.58 Å². The number of Topliss-reactive ketones (excluding diaryl/α,β-unsaturated/α-hetero) is 1. The molecule has 0 aromatic carbocycles. The molecule has 14 heavy (non-hydrogen) atoms. The minimum absolute atomic E-state index is 0.0970. The molecule has 2 rings (SSSR count). The summed E-state index contributed by atoms with van der Waals surface area (Å²) in [4.78, 5) is 11.7. The Morgan fingerprint density at radius 2 is 2.36 bits per heavy atom. The van der Waals surface area contributed by atoms with Crippen LogP contribution in [0.5, 0.6) is 0 Å². The number of rotatable bonds is 3. The van der Waals surface area contributed by atoms with Crippen LogP contribution in [0.25, 0.3) is 0 Å². The number of hydrogen-bond acceptors (Lipinski definition) is 2. The van der Waals surface area contributed by atoms with Gasteiger partial charge < -0.3 is 4.74 Å². The second-order valence-electron chi connectivity index (χ2n) is 4.53. The summed E-state index contributed by atoms with van der Waals surface area (Å²) < 4.78 is 5.78. The van der Waals surface area contributed by atoms with Gasteiger partial charge in [-0.2, -0.15) is 0 Å². The van der Waals surface area contributed by atoms with E-state index < -0.39 is 0 Å². The maximum atomic E-state index is 11.7. The van der Waals surface area contributed by atoms with Gasteiger partial charge in [-0.3, -0.25) is 4.79 Å². The molecule has 2 fully saturated rings. The summed E-state index contributed by atoms with van der Waals surface area (Å²) in [6.45, 7) is 4.39. The van der Waals surface area contributed by atoms with Crippen LogP contribution in [0.3, 0.4) is 0 Å². The van der Waals surface area contributed by atoms with Gasteiger partial charge in [-0.25, -0.2) is 0 Å². The van der Waals surface area contributed by atoms with Gasteiger partial charge in [-0.05, 0) is 32.1 Å². The molecular weight excluding hydrogens is 176 g/mol. The molecule has 0 aromatic heterocycles. The SMILES string of the molecule is C=CCC(=O)C1CCOC2(CCC2)C1. The van der Waals surface area contributed by atoms with E-state index in [9.17, 15) is 4.79 Å².